The SMILES string of the molecule is CC(C)CN([C@H](CO)CCCCNC(=O)[C@H](Cc1ccc2ccccc2c1)NS(=O)(=O)c1ccc2c(c1)OCCN2C)S(=O)(=O)c1ccc(N)cc1. The minimum Gasteiger partial charge on any atom is -0.490 e. The second kappa shape index (κ2) is 17.1. The van der Waals surface area contributed by atoms with Gasteiger partial charge in [0.25, 0.3) is 0 Å². The molecular weight excluding hydrogens is 703 g/mol. The fourth-order valence-corrected chi connectivity index (χ4v) is 9.32. The zero-order valence-electron chi connectivity index (χ0n) is 29.9. The van der Waals surface area contributed by atoms with Gasteiger partial charge in [0, 0.05) is 37.9 Å². The lowest BCUT2D eigenvalue weighted by molar-refractivity contribution is -0.122. The Hall–Kier alpha value is -4.21. The third-order valence-electron chi connectivity index (χ3n) is 9.12. The summed E-state index contributed by atoms with van der Waals surface area (Å²) in [6.07, 6.45) is 1.45. The lowest BCUT2D eigenvalue weighted by atomic mass is 10.0. The van der Waals surface area contributed by atoms with Crippen LogP contribution in [0.4, 0.5) is 11.4 Å². The van der Waals surface area contributed by atoms with Crippen LogP contribution in [0, 0.1) is 5.92 Å². The van der Waals surface area contributed by atoms with Gasteiger partial charge in [-0.15, -0.1) is 0 Å². The molecule has 5 N–H and O–H groups in total. The lowest BCUT2D eigenvalue weighted by Crippen LogP contribution is -2.48. The highest BCUT2D eigenvalue weighted by Crippen LogP contribution is 2.33. The Morgan fingerprint density at radius 3 is 2.37 bits per heavy atom. The average molecular weight is 752 g/mol. The van der Waals surface area contributed by atoms with Crippen molar-refractivity contribution in [1.29, 1.82) is 0 Å². The fraction of sp³-hybridized carbons (Fsp3) is 0.395. The summed E-state index contributed by atoms with van der Waals surface area (Å²) in [7, 11) is -6.13. The van der Waals surface area contributed by atoms with Crippen LogP contribution < -0.4 is 25.4 Å². The van der Waals surface area contributed by atoms with Gasteiger partial charge in [-0.1, -0.05) is 62.7 Å². The number of fused-ring (bicyclic) bond motifs is 2. The molecule has 1 aliphatic heterocycles. The van der Waals surface area contributed by atoms with Gasteiger partial charge in [0.15, 0.2) is 0 Å². The van der Waals surface area contributed by atoms with Crippen LogP contribution in [-0.2, 0) is 31.3 Å². The largest absolute Gasteiger partial charge is 0.490 e. The Kier molecular flexibility index (Phi) is 12.8. The number of benzene rings is 4. The van der Waals surface area contributed by atoms with Crippen molar-refractivity contribution < 1.29 is 31.5 Å². The molecule has 4 aromatic rings. The van der Waals surface area contributed by atoms with Crippen LogP contribution in [0.25, 0.3) is 10.8 Å². The van der Waals surface area contributed by atoms with E-state index in [0.717, 1.165) is 22.0 Å². The number of carbonyl (C=O) groups excluding carboxylic acids is 1. The molecule has 1 heterocycles. The number of nitrogens with zero attached hydrogens (tertiary/aromatic N) is 2. The maximum atomic E-state index is 13.7. The van der Waals surface area contributed by atoms with Crippen molar-refractivity contribution in [2.45, 2.75) is 61.4 Å². The van der Waals surface area contributed by atoms with Crippen molar-refractivity contribution in [3.05, 3.63) is 90.5 Å². The maximum absolute atomic E-state index is 13.7. The molecule has 280 valence electrons. The molecule has 52 heavy (non-hydrogen) atoms. The highest BCUT2D eigenvalue weighted by atomic mass is 32.2. The second-order valence-electron chi connectivity index (χ2n) is 13.6. The molecule has 0 saturated heterocycles. The Morgan fingerprint density at radius 2 is 1.65 bits per heavy atom. The van der Waals surface area contributed by atoms with Gasteiger partial charge in [-0.05, 0) is 77.9 Å². The van der Waals surface area contributed by atoms with E-state index in [-0.39, 0.29) is 41.8 Å². The van der Waals surface area contributed by atoms with E-state index in [1.165, 1.54) is 40.7 Å². The van der Waals surface area contributed by atoms with Crippen molar-refractivity contribution in [2.75, 3.05) is 50.5 Å². The first kappa shape index (κ1) is 39.0. The number of amides is 1. The van der Waals surface area contributed by atoms with Gasteiger partial charge in [0.05, 0.1) is 28.6 Å². The third kappa shape index (κ3) is 9.61. The molecular formula is C38H49N5O7S2. The molecule has 0 radical (unpaired) electrons. The highest BCUT2D eigenvalue weighted by Gasteiger charge is 2.32. The van der Waals surface area contributed by atoms with E-state index in [1.54, 1.807) is 6.07 Å². The number of hydrogen-bond donors (Lipinski definition) is 4. The van der Waals surface area contributed by atoms with Crippen LogP contribution in [-0.4, -0.2) is 84.1 Å². The number of rotatable bonds is 17. The minimum atomic E-state index is -4.13. The number of sulfonamides is 2. The van der Waals surface area contributed by atoms with Crippen LogP contribution in [0.1, 0.15) is 38.7 Å². The Bertz CT molecular complexity index is 2060. The summed E-state index contributed by atoms with van der Waals surface area (Å²) in [5.41, 5.74) is 7.79. The summed E-state index contributed by atoms with van der Waals surface area (Å²) >= 11 is 0. The number of hydrogen-bond acceptors (Lipinski definition) is 9. The lowest BCUT2D eigenvalue weighted by Gasteiger charge is -2.31. The zero-order valence-corrected chi connectivity index (χ0v) is 31.5. The summed E-state index contributed by atoms with van der Waals surface area (Å²) in [5, 5.41) is 15.2. The van der Waals surface area contributed by atoms with Crippen LogP contribution in [0.5, 0.6) is 5.75 Å². The molecule has 2 atom stereocenters. The second-order valence-corrected chi connectivity index (χ2v) is 17.2. The Labute approximate surface area is 307 Å². The fourth-order valence-electron chi connectivity index (χ4n) is 6.29. The molecule has 4 aromatic carbocycles. The highest BCUT2D eigenvalue weighted by molar-refractivity contribution is 7.89. The van der Waals surface area contributed by atoms with E-state index in [9.17, 15) is 26.7 Å². The molecule has 0 bridgehead atoms. The first-order chi connectivity index (χ1) is 24.8. The predicted molar refractivity (Wildman–Crippen MR) is 204 cm³/mol. The molecule has 0 saturated carbocycles. The van der Waals surface area contributed by atoms with Gasteiger partial charge >= 0.3 is 0 Å². The van der Waals surface area contributed by atoms with Crippen molar-refractivity contribution in [2.24, 2.45) is 5.92 Å². The van der Waals surface area contributed by atoms with Crippen molar-refractivity contribution in [3.63, 3.8) is 0 Å². The molecule has 5 rings (SSSR count). The first-order valence-electron chi connectivity index (χ1n) is 17.5. The molecule has 12 nitrogen and oxygen atoms in total. The summed E-state index contributed by atoms with van der Waals surface area (Å²) in [5.74, 6) is -0.0197. The smallest absolute Gasteiger partial charge is 0.243 e. The number of anilines is 2. The van der Waals surface area contributed by atoms with Gasteiger partial charge in [-0.3, -0.25) is 4.79 Å². The van der Waals surface area contributed by atoms with Crippen LogP contribution in [0.3, 0.4) is 0 Å². The minimum absolute atomic E-state index is 0.00668. The van der Waals surface area contributed by atoms with Crippen LogP contribution in [0.2, 0.25) is 0 Å². The van der Waals surface area contributed by atoms with E-state index in [0.29, 0.717) is 43.9 Å². The van der Waals surface area contributed by atoms with Crippen molar-refractivity contribution in [3.8, 4) is 5.75 Å². The Balaban J connectivity index is 1.27. The average Bonchev–Trinajstić information content (AvgIpc) is 3.12. The topological polar surface area (TPSA) is 171 Å². The molecule has 0 aliphatic carbocycles. The van der Waals surface area contributed by atoms with Gasteiger partial charge < -0.3 is 25.8 Å². The zero-order chi connectivity index (χ0) is 37.5. The van der Waals surface area contributed by atoms with Gasteiger partial charge in [-0.25, -0.2) is 16.8 Å². The van der Waals surface area contributed by atoms with Crippen LogP contribution in [0.15, 0.2) is 94.7 Å². The number of nitrogens with one attached hydrogen (secondary N) is 2. The number of aliphatic hydroxyl groups is 1. The molecule has 1 amide bonds. The number of ether oxygens (including phenoxy) is 1. The summed E-state index contributed by atoms with van der Waals surface area (Å²) in [6.45, 7) is 5.02. The predicted octanol–water partition coefficient (Wildman–Crippen LogP) is 4.13. The normalized spacial score (nSPS) is 14.6. The molecule has 0 unspecified atom stereocenters. The van der Waals surface area contributed by atoms with E-state index < -0.39 is 38.0 Å². The Morgan fingerprint density at radius 1 is 0.942 bits per heavy atom. The van der Waals surface area contributed by atoms with Crippen molar-refractivity contribution >= 4 is 48.1 Å². The summed E-state index contributed by atoms with van der Waals surface area (Å²) < 4.78 is 64.3. The van der Waals surface area contributed by atoms with E-state index in [2.05, 4.69) is 10.0 Å². The van der Waals surface area contributed by atoms with E-state index in [4.69, 9.17) is 10.5 Å². The number of nitrogens with two attached hydrogens (primary N) is 1. The quantitative estimate of drug-likeness (QED) is 0.0915. The van der Waals surface area contributed by atoms with Crippen LogP contribution >= 0.6 is 0 Å². The third-order valence-corrected chi connectivity index (χ3v) is 12.5. The molecule has 14 heteroatoms. The standard InChI is InChI=1S/C38H49N5O7S2/c1-27(2)25-43(52(48,49)33-15-13-31(39)14-16-33)32(26-44)10-6-7-19-40-38(45)35(23-28-11-12-29-8-4-5-9-30(29)22-28)41-51(46,47)34-17-18-36-37(24-34)50-21-20-42(36)3/h4-5,8-9,11-18,22,24,27,32,35,41,44H,6-7,10,19-21,23,25-26,39H2,1-3H3,(H,40,45)/t32-,35-/m0/s1. The number of unbranched alkanes of at least 4 members (excludes halogenated alkanes) is 1. The molecule has 0 spiro atoms. The van der Waals surface area contributed by atoms with E-state index >= 15 is 0 Å². The maximum Gasteiger partial charge on any atom is 0.243 e. The number of likely N-dealkylation sites (N-methyl/N-ethyl adjacent to an activating group) is 1. The number of aliphatic hydroxyl groups excluding tert-OH is 1. The van der Waals surface area contributed by atoms with Gasteiger partial charge in [0.2, 0.25) is 26.0 Å². The van der Waals surface area contributed by atoms with Gasteiger partial charge in [0.1, 0.15) is 18.4 Å². The first-order valence-corrected chi connectivity index (χ1v) is 20.4. The van der Waals surface area contributed by atoms with Gasteiger partial charge in [-0.2, -0.15) is 9.03 Å². The van der Waals surface area contributed by atoms with E-state index in [1.807, 2.05) is 68.3 Å². The van der Waals surface area contributed by atoms with Crippen molar-refractivity contribution in [1.82, 2.24) is 14.3 Å². The number of nitrogen functional groups attached to an aromatic ring is 1. The number of carbonyl (C=O) groups is 1. The monoisotopic (exact) mass is 751 g/mol. The summed E-state index contributed by atoms with van der Waals surface area (Å²) in [4.78, 5) is 15.8. The molecule has 1 aliphatic rings. The molecule has 0 aromatic heterocycles. The summed E-state index contributed by atoms with van der Waals surface area (Å²) in [6, 6.07) is 22.5. The molecule has 0 fully saturated rings.